The van der Waals surface area contributed by atoms with Gasteiger partial charge in [0, 0.05) is 0 Å². The van der Waals surface area contributed by atoms with Crippen molar-refractivity contribution in [3.05, 3.63) is 35.4 Å². The number of nitrogens with zero attached hydrogens (tertiary/aromatic N) is 1. The molecule has 0 radical (unpaired) electrons. The van der Waals surface area contributed by atoms with E-state index in [0.717, 1.165) is 24.3 Å². The lowest BCUT2D eigenvalue weighted by molar-refractivity contribution is -0.136. The maximum atomic E-state index is 11.5. The third-order valence-corrected chi connectivity index (χ3v) is 3.58. The van der Waals surface area contributed by atoms with Crippen LogP contribution >= 0.6 is 0 Å². The quantitative estimate of drug-likeness (QED) is 0.407. The third kappa shape index (κ3) is 4.72. The summed E-state index contributed by atoms with van der Waals surface area (Å²) in [6, 6.07) is 7.70. The first-order valence-corrected chi connectivity index (χ1v) is 7.91. The number of benzene rings is 1. The first-order chi connectivity index (χ1) is 10.7. The molecule has 1 aromatic carbocycles. The fourth-order valence-corrected chi connectivity index (χ4v) is 2.24. The summed E-state index contributed by atoms with van der Waals surface area (Å²) in [6.45, 7) is 4.72. The Bertz CT molecular complexity index is 558. The smallest absolute Gasteiger partial charge is 0.367 e. The zero-order valence-corrected chi connectivity index (χ0v) is 13.3. The molecule has 2 rings (SSSR count). The van der Waals surface area contributed by atoms with Gasteiger partial charge in [0.2, 0.25) is 0 Å². The molecule has 0 amide bonds. The van der Waals surface area contributed by atoms with Gasteiger partial charge in [-0.05, 0) is 37.1 Å². The molecule has 0 bridgehead atoms. The van der Waals surface area contributed by atoms with Crippen LogP contribution < -0.4 is 4.74 Å². The average molecular weight is 301 g/mol. The van der Waals surface area contributed by atoms with E-state index in [2.05, 4.69) is 16.9 Å². The van der Waals surface area contributed by atoms with Crippen molar-refractivity contribution in [1.29, 1.82) is 0 Å². The molecule has 0 N–H and O–H groups in total. The summed E-state index contributed by atoms with van der Waals surface area (Å²) in [5.74, 6) is 0.460. The predicted molar refractivity (Wildman–Crippen MR) is 87.9 cm³/mol. The van der Waals surface area contributed by atoms with Gasteiger partial charge in [-0.2, -0.15) is 0 Å². The summed E-state index contributed by atoms with van der Waals surface area (Å²) in [6.07, 6.45) is 7.93. The summed E-state index contributed by atoms with van der Waals surface area (Å²) in [5, 5.41) is 3.66. The van der Waals surface area contributed by atoms with Crippen molar-refractivity contribution < 1.29 is 14.4 Å². The van der Waals surface area contributed by atoms with Gasteiger partial charge in [-0.1, -0.05) is 49.9 Å². The van der Waals surface area contributed by atoms with Crippen molar-refractivity contribution in [3.8, 4) is 5.75 Å². The first kappa shape index (κ1) is 16.3. The monoisotopic (exact) mass is 301 g/mol. The molecule has 0 atom stereocenters. The molecule has 0 aliphatic carbocycles. The number of ether oxygens (including phenoxy) is 1. The molecule has 4 nitrogen and oxygen atoms in total. The second kappa shape index (κ2) is 8.37. The number of carbonyl (C=O) groups is 1. The Labute approximate surface area is 131 Å². The Morgan fingerprint density at radius 1 is 1.14 bits per heavy atom. The minimum atomic E-state index is -0.398. The summed E-state index contributed by atoms with van der Waals surface area (Å²) in [7, 11) is 0. The lowest BCUT2D eigenvalue weighted by Crippen LogP contribution is -2.01. The van der Waals surface area contributed by atoms with Gasteiger partial charge in [0.05, 0.1) is 17.9 Å². The Morgan fingerprint density at radius 3 is 2.50 bits per heavy atom. The molecule has 0 saturated heterocycles. The van der Waals surface area contributed by atoms with E-state index in [-0.39, 0.29) is 0 Å². The largest absolute Gasteiger partial charge is 0.494 e. The summed E-state index contributed by atoms with van der Waals surface area (Å²) in [4.78, 5) is 16.1. The van der Waals surface area contributed by atoms with E-state index in [1.54, 1.807) is 13.0 Å². The minimum absolute atomic E-state index is 0.398. The number of rotatable bonds is 8. The van der Waals surface area contributed by atoms with Crippen LogP contribution in [0.25, 0.3) is 6.08 Å². The Morgan fingerprint density at radius 2 is 1.86 bits per heavy atom. The molecule has 118 valence electrons. The Kier molecular flexibility index (Phi) is 6.19. The standard InChI is InChI=1S/C18H23NO3/c1-3-4-5-6-7-12-21-16-10-8-15(9-11-16)13-17-14(2)19-22-18(17)20/h8-11,13H,3-7,12H2,1-2H3/b17-13-. The topological polar surface area (TPSA) is 47.9 Å². The lowest BCUT2D eigenvalue weighted by atomic mass is 10.1. The minimum Gasteiger partial charge on any atom is -0.494 e. The highest BCUT2D eigenvalue weighted by Crippen LogP contribution is 2.18. The summed E-state index contributed by atoms with van der Waals surface area (Å²) >= 11 is 0. The molecular formula is C18H23NO3. The van der Waals surface area contributed by atoms with E-state index in [4.69, 9.17) is 4.74 Å². The van der Waals surface area contributed by atoms with Crippen LogP contribution in [0.4, 0.5) is 0 Å². The number of oxime groups is 1. The fraction of sp³-hybridized carbons (Fsp3) is 0.444. The molecule has 0 fully saturated rings. The average Bonchev–Trinajstić information content (AvgIpc) is 2.84. The number of unbranched alkanes of at least 4 members (excludes halogenated alkanes) is 4. The van der Waals surface area contributed by atoms with Gasteiger partial charge in [0.1, 0.15) is 5.75 Å². The maximum absolute atomic E-state index is 11.5. The zero-order valence-electron chi connectivity index (χ0n) is 13.3. The molecule has 4 heteroatoms. The highest BCUT2D eigenvalue weighted by molar-refractivity contribution is 6.24. The molecule has 1 heterocycles. The molecule has 1 aromatic rings. The van der Waals surface area contributed by atoms with Crippen LogP contribution in [0.2, 0.25) is 0 Å². The molecule has 0 aromatic heterocycles. The van der Waals surface area contributed by atoms with Crippen molar-refractivity contribution in [2.75, 3.05) is 6.61 Å². The molecule has 0 spiro atoms. The van der Waals surface area contributed by atoms with Gasteiger partial charge in [-0.3, -0.25) is 0 Å². The summed E-state index contributed by atoms with van der Waals surface area (Å²) in [5.41, 5.74) is 2.04. The molecule has 22 heavy (non-hydrogen) atoms. The first-order valence-electron chi connectivity index (χ1n) is 7.91. The van der Waals surface area contributed by atoms with E-state index in [1.807, 2.05) is 24.3 Å². The van der Waals surface area contributed by atoms with Gasteiger partial charge in [0.25, 0.3) is 0 Å². The third-order valence-electron chi connectivity index (χ3n) is 3.58. The maximum Gasteiger partial charge on any atom is 0.367 e. The lowest BCUT2D eigenvalue weighted by Gasteiger charge is -2.06. The number of carbonyl (C=O) groups excluding carboxylic acids is 1. The van der Waals surface area contributed by atoms with E-state index < -0.39 is 5.97 Å². The summed E-state index contributed by atoms with van der Waals surface area (Å²) < 4.78 is 5.72. The van der Waals surface area contributed by atoms with E-state index >= 15 is 0 Å². The van der Waals surface area contributed by atoms with Gasteiger partial charge >= 0.3 is 5.97 Å². The Balaban J connectivity index is 1.82. The van der Waals surface area contributed by atoms with Crippen molar-refractivity contribution in [2.24, 2.45) is 5.16 Å². The molecule has 0 unspecified atom stereocenters. The van der Waals surface area contributed by atoms with Crippen LogP contribution in [-0.4, -0.2) is 18.3 Å². The number of hydrogen-bond acceptors (Lipinski definition) is 4. The molecule has 1 aliphatic heterocycles. The zero-order chi connectivity index (χ0) is 15.8. The van der Waals surface area contributed by atoms with Gasteiger partial charge < -0.3 is 9.57 Å². The van der Waals surface area contributed by atoms with Crippen molar-refractivity contribution >= 4 is 17.8 Å². The van der Waals surface area contributed by atoms with Gasteiger partial charge in [-0.25, -0.2) is 4.79 Å². The van der Waals surface area contributed by atoms with Crippen LogP contribution in [0, 0.1) is 0 Å². The van der Waals surface area contributed by atoms with E-state index in [1.165, 1.54) is 25.7 Å². The molecule has 0 saturated carbocycles. The SMILES string of the molecule is CCCCCCCOc1ccc(/C=C2\C(=O)ON=C2C)cc1. The van der Waals surface area contributed by atoms with Crippen molar-refractivity contribution in [3.63, 3.8) is 0 Å². The highest BCUT2D eigenvalue weighted by atomic mass is 16.7. The normalized spacial score (nSPS) is 15.8. The van der Waals surface area contributed by atoms with Crippen LogP contribution in [0.15, 0.2) is 35.0 Å². The van der Waals surface area contributed by atoms with Crippen LogP contribution in [0.3, 0.4) is 0 Å². The predicted octanol–water partition coefficient (Wildman–Crippen LogP) is 4.35. The Hall–Kier alpha value is -2.10. The van der Waals surface area contributed by atoms with E-state index in [0.29, 0.717) is 11.3 Å². The second-order valence-corrected chi connectivity index (χ2v) is 5.45. The fourth-order valence-electron chi connectivity index (χ4n) is 2.24. The molecule has 1 aliphatic rings. The van der Waals surface area contributed by atoms with E-state index in [9.17, 15) is 4.79 Å². The number of hydrogen-bond donors (Lipinski definition) is 0. The molecular weight excluding hydrogens is 278 g/mol. The van der Waals surface area contributed by atoms with Crippen molar-refractivity contribution in [2.45, 2.75) is 46.0 Å². The van der Waals surface area contributed by atoms with Gasteiger partial charge in [-0.15, -0.1) is 0 Å². The van der Waals surface area contributed by atoms with Crippen LogP contribution in [-0.2, 0) is 9.63 Å². The highest BCUT2D eigenvalue weighted by Gasteiger charge is 2.21. The second-order valence-electron chi connectivity index (χ2n) is 5.45. The van der Waals surface area contributed by atoms with Crippen LogP contribution in [0.1, 0.15) is 51.5 Å². The van der Waals surface area contributed by atoms with Gasteiger partial charge in [0.15, 0.2) is 0 Å². The van der Waals surface area contributed by atoms with Crippen LogP contribution in [0.5, 0.6) is 5.75 Å². The van der Waals surface area contributed by atoms with Crippen molar-refractivity contribution in [1.82, 2.24) is 0 Å².